The van der Waals surface area contributed by atoms with Crippen molar-refractivity contribution in [3.63, 3.8) is 0 Å². The van der Waals surface area contributed by atoms with E-state index in [0.717, 1.165) is 11.1 Å². The predicted octanol–water partition coefficient (Wildman–Crippen LogP) is 2.95. The number of methoxy groups -OCH3 is 2. The van der Waals surface area contributed by atoms with E-state index in [2.05, 4.69) is 15.3 Å². The molecule has 4 N–H and O–H groups in total. The fourth-order valence-corrected chi connectivity index (χ4v) is 5.02. The Balaban J connectivity index is 1.62. The highest BCUT2D eigenvalue weighted by atomic mass is 16.5. The Morgan fingerprint density at radius 1 is 1.10 bits per heavy atom. The van der Waals surface area contributed by atoms with Crippen molar-refractivity contribution < 1.29 is 23.8 Å². The third kappa shape index (κ3) is 5.09. The van der Waals surface area contributed by atoms with Gasteiger partial charge in [-0.05, 0) is 37.1 Å². The summed E-state index contributed by atoms with van der Waals surface area (Å²) in [4.78, 5) is 45.5. The fourth-order valence-electron chi connectivity index (χ4n) is 5.02. The predicted molar refractivity (Wildman–Crippen MR) is 148 cm³/mol. The molecular weight excluding hydrogens is 500 g/mol. The van der Waals surface area contributed by atoms with Gasteiger partial charge in [0.05, 0.1) is 37.7 Å². The van der Waals surface area contributed by atoms with Crippen LogP contribution in [0.1, 0.15) is 17.5 Å². The molecule has 1 aliphatic carbocycles. The Morgan fingerprint density at radius 2 is 1.82 bits per heavy atom. The second kappa shape index (κ2) is 11.0. The van der Waals surface area contributed by atoms with Crippen LogP contribution in [0.4, 0.5) is 0 Å². The summed E-state index contributed by atoms with van der Waals surface area (Å²) >= 11 is 0. The summed E-state index contributed by atoms with van der Waals surface area (Å²) in [5, 5.41) is 2.94. The highest BCUT2D eigenvalue weighted by Crippen LogP contribution is 2.38. The normalized spacial score (nSPS) is 18.1. The summed E-state index contributed by atoms with van der Waals surface area (Å²) < 4.78 is 16.8. The van der Waals surface area contributed by atoms with Gasteiger partial charge in [0.1, 0.15) is 28.5 Å². The molecule has 1 heterocycles. The number of amides is 2. The molecular formula is C29H32N4O6. The number of rotatable bonds is 9. The van der Waals surface area contributed by atoms with Crippen molar-refractivity contribution in [2.24, 2.45) is 17.1 Å². The highest BCUT2D eigenvalue weighted by molar-refractivity contribution is 5.93. The molecule has 39 heavy (non-hydrogen) atoms. The van der Waals surface area contributed by atoms with Gasteiger partial charge in [-0.25, -0.2) is 4.98 Å². The number of nitrogens with two attached hydrogens (primary N) is 1. The molecule has 0 fully saturated rings. The number of nitrogens with zero attached hydrogens (tertiary/aromatic N) is 1. The van der Waals surface area contributed by atoms with Gasteiger partial charge in [-0.2, -0.15) is 0 Å². The van der Waals surface area contributed by atoms with Crippen LogP contribution in [0.5, 0.6) is 17.2 Å². The smallest absolute Gasteiger partial charge is 0.262 e. The number of ether oxygens (including phenoxy) is 3. The second-order valence-corrected chi connectivity index (χ2v) is 9.42. The summed E-state index contributed by atoms with van der Waals surface area (Å²) in [6, 6.07) is 7.05. The molecule has 0 saturated heterocycles. The number of carbonyl (C=O) groups excluding carboxylic acids is 2. The second-order valence-electron chi connectivity index (χ2n) is 9.42. The van der Waals surface area contributed by atoms with Gasteiger partial charge in [0.15, 0.2) is 0 Å². The van der Waals surface area contributed by atoms with E-state index in [0.29, 0.717) is 39.5 Å². The first-order chi connectivity index (χ1) is 18.6. The lowest BCUT2D eigenvalue weighted by molar-refractivity contribution is -0.136. The topological polar surface area (TPSA) is 146 Å². The Hall–Kier alpha value is -4.60. The molecule has 1 aliphatic rings. The summed E-state index contributed by atoms with van der Waals surface area (Å²) in [6.07, 6.45) is 7.01. The van der Waals surface area contributed by atoms with E-state index in [-0.39, 0.29) is 24.5 Å². The summed E-state index contributed by atoms with van der Waals surface area (Å²) in [6.45, 7) is 3.93. The van der Waals surface area contributed by atoms with Gasteiger partial charge < -0.3 is 30.2 Å². The van der Waals surface area contributed by atoms with Gasteiger partial charge in [-0.3, -0.25) is 14.4 Å². The standard InChI is InChI=1S/C29H32N4O6/c1-16-12-18(25-32-21-14-19(37-4)15-22(38-5)23(21)27(35)33-25)13-17(2)24(16)39-11-10-29(28(30)36)9-7-6-8-20(29)26(34)31-3/h6-9,12-15,20H,10-11H2,1-5H3,(H2,30,36)(H,31,34)(H,32,33,35). The van der Waals surface area contributed by atoms with E-state index in [9.17, 15) is 14.4 Å². The number of allylic oxidation sites excluding steroid dienone is 2. The SMILES string of the molecule is CNC(=O)C1C=CC=CC1(CCOc1c(C)cc(-c2nc3cc(OC)cc(OC)c3c(=O)[nH]2)cc1C)C(N)=O. The lowest BCUT2D eigenvalue weighted by Gasteiger charge is -2.34. The number of hydrogen-bond donors (Lipinski definition) is 3. The van der Waals surface area contributed by atoms with Gasteiger partial charge in [0, 0.05) is 31.2 Å². The van der Waals surface area contributed by atoms with Crippen LogP contribution in [-0.2, 0) is 9.59 Å². The first-order valence-electron chi connectivity index (χ1n) is 12.4. The average molecular weight is 533 g/mol. The van der Waals surface area contributed by atoms with Crippen LogP contribution in [0.25, 0.3) is 22.3 Å². The number of H-pyrrole nitrogens is 1. The van der Waals surface area contributed by atoms with Crippen LogP contribution in [0.15, 0.2) is 53.4 Å². The van der Waals surface area contributed by atoms with Crippen LogP contribution >= 0.6 is 0 Å². The van der Waals surface area contributed by atoms with Crippen molar-refractivity contribution in [1.29, 1.82) is 0 Å². The number of primary amides is 1. The molecule has 10 nitrogen and oxygen atoms in total. The summed E-state index contributed by atoms with van der Waals surface area (Å²) in [5.74, 6) is 0.303. The minimum absolute atomic E-state index is 0.153. The molecule has 204 valence electrons. The van der Waals surface area contributed by atoms with Crippen LogP contribution < -0.4 is 30.8 Å². The van der Waals surface area contributed by atoms with Crippen molar-refractivity contribution in [1.82, 2.24) is 15.3 Å². The molecule has 0 aliphatic heterocycles. The molecule has 0 saturated carbocycles. The number of aromatic nitrogens is 2. The number of aromatic amines is 1. The van der Waals surface area contributed by atoms with Gasteiger partial charge in [-0.1, -0.05) is 24.3 Å². The quantitative estimate of drug-likeness (QED) is 0.384. The monoisotopic (exact) mass is 532 g/mol. The Kier molecular flexibility index (Phi) is 7.75. The van der Waals surface area contributed by atoms with Gasteiger partial charge in [0.2, 0.25) is 11.8 Å². The minimum atomic E-state index is -1.20. The first kappa shape index (κ1) is 27.4. The number of hydrogen-bond acceptors (Lipinski definition) is 7. The minimum Gasteiger partial charge on any atom is -0.497 e. The molecule has 2 amide bonds. The average Bonchev–Trinajstić information content (AvgIpc) is 2.93. The van der Waals surface area contributed by atoms with Crippen molar-refractivity contribution in [2.75, 3.05) is 27.9 Å². The maximum Gasteiger partial charge on any atom is 0.262 e. The lowest BCUT2D eigenvalue weighted by Crippen LogP contribution is -2.48. The zero-order chi connectivity index (χ0) is 28.3. The van der Waals surface area contributed by atoms with Crippen LogP contribution in [0.3, 0.4) is 0 Å². The largest absolute Gasteiger partial charge is 0.497 e. The number of aryl methyl sites for hydroxylation is 2. The van der Waals surface area contributed by atoms with E-state index < -0.39 is 17.2 Å². The molecule has 2 aromatic carbocycles. The number of nitrogens with one attached hydrogen (secondary N) is 2. The van der Waals surface area contributed by atoms with E-state index in [1.165, 1.54) is 21.3 Å². The molecule has 2 atom stereocenters. The van der Waals surface area contributed by atoms with Crippen molar-refractivity contribution in [3.05, 3.63) is 70.1 Å². The van der Waals surface area contributed by atoms with E-state index in [1.54, 1.807) is 36.4 Å². The Bertz CT molecular complexity index is 1530. The van der Waals surface area contributed by atoms with Crippen molar-refractivity contribution >= 4 is 22.7 Å². The van der Waals surface area contributed by atoms with Crippen LogP contribution in [0.2, 0.25) is 0 Å². The van der Waals surface area contributed by atoms with E-state index in [1.807, 2.05) is 26.0 Å². The Morgan fingerprint density at radius 3 is 2.44 bits per heavy atom. The van der Waals surface area contributed by atoms with Crippen molar-refractivity contribution in [2.45, 2.75) is 20.3 Å². The molecule has 10 heteroatoms. The van der Waals surface area contributed by atoms with Crippen LogP contribution in [0, 0.1) is 25.2 Å². The Labute approximate surface area is 225 Å². The highest BCUT2D eigenvalue weighted by Gasteiger charge is 2.45. The fraction of sp³-hybridized carbons (Fsp3) is 0.310. The molecule has 0 radical (unpaired) electrons. The van der Waals surface area contributed by atoms with Crippen molar-refractivity contribution in [3.8, 4) is 28.6 Å². The molecule has 0 bridgehead atoms. The molecule has 0 spiro atoms. The summed E-state index contributed by atoms with van der Waals surface area (Å²) in [5.41, 5.74) is 7.02. The molecule has 4 rings (SSSR count). The zero-order valence-corrected chi connectivity index (χ0v) is 22.6. The first-order valence-corrected chi connectivity index (χ1v) is 12.4. The molecule has 2 unspecified atom stereocenters. The van der Waals surface area contributed by atoms with E-state index >= 15 is 0 Å². The van der Waals surface area contributed by atoms with Crippen LogP contribution in [-0.4, -0.2) is 49.7 Å². The van der Waals surface area contributed by atoms with Gasteiger partial charge >= 0.3 is 0 Å². The molecule has 3 aromatic rings. The molecule has 1 aromatic heterocycles. The number of carbonyl (C=O) groups is 2. The van der Waals surface area contributed by atoms with Gasteiger partial charge in [0.25, 0.3) is 5.56 Å². The maximum atomic E-state index is 12.9. The van der Waals surface area contributed by atoms with E-state index in [4.69, 9.17) is 19.9 Å². The number of benzene rings is 2. The maximum absolute atomic E-state index is 12.9. The van der Waals surface area contributed by atoms with Gasteiger partial charge in [-0.15, -0.1) is 0 Å². The third-order valence-electron chi connectivity index (χ3n) is 7.05. The lowest BCUT2D eigenvalue weighted by atomic mass is 9.69. The number of fused-ring (bicyclic) bond motifs is 1. The zero-order valence-electron chi connectivity index (χ0n) is 22.6. The summed E-state index contributed by atoms with van der Waals surface area (Å²) in [7, 11) is 4.54. The third-order valence-corrected chi connectivity index (χ3v) is 7.05.